The van der Waals surface area contributed by atoms with Gasteiger partial charge in [0.2, 0.25) is 11.8 Å². The molecule has 0 aliphatic carbocycles. The standard InChI is InChI=1S/C28H29ClN2O3/c1-18-5-10-22(16-25(18)29)31-17-19(15-26(31)32)27(33)30-21-8-13-24(14-9-21)34-23-11-6-20(7-12-23)28(2,3)4/h5-14,16,19H,15,17H2,1-4H3,(H,30,33)/t19-/m0/s1. The fourth-order valence-electron chi connectivity index (χ4n) is 3.89. The summed E-state index contributed by atoms with van der Waals surface area (Å²) >= 11 is 6.21. The SMILES string of the molecule is Cc1ccc(N2C[C@@H](C(=O)Nc3ccc(Oc4ccc(C(C)(C)C)cc4)cc3)CC2=O)cc1Cl. The second-order valence-corrected chi connectivity index (χ2v) is 10.1. The Hall–Kier alpha value is -3.31. The summed E-state index contributed by atoms with van der Waals surface area (Å²) in [6.07, 6.45) is 0.170. The number of nitrogens with zero attached hydrogens (tertiary/aromatic N) is 1. The number of nitrogens with one attached hydrogen (secondary N) is 1. The van der Waals surface area contributed by atoms with Crippen LogP contribution in [0, 0.1) is 12.8 Å². The molecule has 1 fully saturated rings. The van der Waals surface area contributed by atoms with Crippen molar-refractivity contribution in [2.75, 3.05) is 16.8 Å². The van der Waals surface area contributed by atoms with Gasteiger partial charge in [0.05, 0.1) is 5.92 Å². The molecule has 5 nitrogen and oxygen atoms in total. The number of carbonyl (C=O) groups excluding carboxylic acids is 2. The van der Waals surface area contributed by atoms with Crippen molar-refractivity contribution in [2.24, 2.45) is 5.92 Å². The van der Waals surface area contributed by atoms with Crippen LogP contribution in [0.5, 0.6) is 11.5 Å². The highest BCUT2D eigenvalue weighted by atomic mass is 35.5. The van der Waals surface area contributed by atoms with Gasteiger partial charge in [-0.25, -0.2) is 0 Å². The minimum absolute atomic E-state index is 0.0821. The molecule has 0 saturated carbocycles. The normalized spacial score (nSPS) is 16.0. The molecule has 0 spiro atoms. The van der Waals surface area contributed by atoms with Gasteiger partial charge in [-0.05, 0) is 72.0 Å². The van der Waals surface area contributed by atoms with Crippen LogP contribution in [0.3, 0.4) is 0 Å². The third kappa shape index (κ3) is 5.42. The summed E-state index contributed by atoms with van der Waals surface area (Å²) in [6, 6.07) is 20.8. The molecule has 34 heavy (non-hydrogen) atoms. The van der Waals surface area contributed by atoms with Crippen molar-refractivity contribution in [1.29, 1.82) is 0 Å². The van der Waals surface area contributed by atoms with E-state index in [2.05, 4.69) is 38.2 Å². The zero-order valence-electron chi connectivity index (χ0n) is 19.9. The average Bonchev–Trinajstić information content (AvgIpc) is 3.18. The summed E-state index contributed by atoms with van der Waals surface area (Å²) in [5.74, 6) is 0.747. The molecule has 3 aromatic carbocycles. The Bertz CT molecular complexity index is 1200. The quantitative estimate of drug-likeness (QED) is 0.444. The predicted molar refractivity (Wildman–Crippen MR) is 137 cm³/mol. The summed E-state index contributed by atoms with van der Waals surface area (Å²) in [5.41, 5.74) is 3.65. The van der Waals surface area contributed by atoms with Crippen LogP contribution < -0.4 is 15.0 Å². The molecule has 3 aromatic rings. The first kappa shape index (κ1) is 23.8. The van der Waals surface area contributed by atoms with Crippen molar-refractivity contribution in [3.8, 4) is 11.5 Å². The zero-order valence-corrected chi connectivity index (χ0v) is 20.6. The molecule has 0 bridgehead atoms. The molecular weight excluding hydrogens is 448 g/mol. The van der Waals surface area contributed by atoms with Gasteiger partial charge >= 0.3 is 0 Å². The van der Waals surface area contributed by atoms with E-state index in [1.54, 1.807) is 23.1 Å². The predicted octanol–water partition coefficient (Wildman–Crippen LogP) is 6.73. The number of hydrogen-bond donors (Lipinski definition) is 1. The number of ether oxygens (including phenoxy) is 1. The van der Waals surface area contributed by atoms with E-state index in [1.165, 1.54) is 5.56 Å². The first-order valence-corrected chi connectivity index (χ1v) is 11.7. The monoisotopic (exact) mass is 476 g/mol. The molecule has 2 amide bonds. The molecule has 0 radical (unpaired) electrons. The van der Waals surface area contributed by atoms with E-state index in [0.717, 1.165) is 11.3 Å². The minimum Gasteiger partial charge on any atom is -0.457 e. The third-order valence-corrected chi connectivity index (χ3v) is 6.45. The Labute approximate surface area is 205 Å². The Kier molecular flexibility index (Phi) is 6.67. The van der Waals surface area contributed by atoms with Gasteiger partial charge in [-0.1, -0.05) is 50.6 Å². The first-order chi connectivity index (χ1) is 16.1. The van der Waals surface area contributed by atoms with Gasteiger partial charge in [-0.2, -0.15) is 0 Å². The smallest absolute Gasteiger partial charge is 0.229 e. The molecule has 0 aromatic heterocycles. The first-order valence-electron chi connectivity index (χ1n) is 11.4. The molecule has 1 heterocycles. The topological polar surface area (TPSA) is 58.6 Å². The van der Waals surface area contributed by atoms with Crippen LogP contribution in [0.2, 0.25) is 5.02 Å². The van der Waals surface area contributed by atoms with Crippen LogP contribution in [-0.4, -0.2) is 18.4 Å². The third-order valence-electron chi connectivity index (χ3n) is 6.04. The second-order valence-electron chi connectivity index (χ2n) is 9.73. The number of hydrogen-bond acceptors (Lipinski definition) is 3. The highest BCUT2D eigenvalue weighted by Gasteiger charge is 2.35. The maximum absolute atomic E-state index is 12.8. The number of halogens is 1. The molecule has 1 N–H and O–H groups in total. The van der Waals surface area contributed by atoms with E-state index in [9.17, 15) is 9.59 Å². The average molecular weight is 477 g/mol. The molecule has 1 aliphatic rings. The highest BCUT2D eigenvalue weighted by molar-refractivity contribution is 6.31. The van der Waals surface area contributed by atoms with Gasteiger partial charge in [0.1, 0.15) is 11.5 Å². The second kappa shape index (κ2) is 9.51. The van der Waals surface area contributed by atoms with E-state index in [1.807, 2.05) is 43.3 Å². The Balaban J connectivity index is 1.35. The van der Waals surface area contributed by atoms with Crippen LogP contribution in [0.25, 0.3) is 0 Å². The van der Waals surface area contributed by atoms with Gasteiger partial charge in [-0.15, -0.1) is 0 Å². The van der Waals surface area contributed by atoms with Crippen molar-refractivity contribution >= 4 is 34.8 Å². The van der Waals surface area contributed by atoms with Crippen LogP contribution in [-0.2, 0) is 15.0 Å². The lowest BCUT2D eigenvalue weighted by atomic mass is 9.87. The van der Waals surface area contributed by atoms with E-state index in [0.29, 0.717) is 28.7 Å². The number of anilines is 2. The van der Waals surface area contributed by atoms with E-state index in [-0.39, 0.29) is 23.7 Å². The Morgan fingerprint density at radius 2 is 1.62 bits per heavy atom. The van der Waals surface area contributed by atoms with Gasteiger partial charge in [0.25, 0.3) is 0 Å². The summed E-state index contributed by atoms with van der Waals surface area (Å²) < 4.78 is 5.93. The van der Waals surface area contributed by atoms with Gasteiger partial charge in [0.15, 0.2) is 0 Å². The molecule has 1 atom stereocenters. The van der Waals surface area contributed by atoms with Crippen molar-refractivity contribution < 1.29 is 14.3 Å². The Morgan fingerprint density at radius 1 is 1.00 bits per heavy atom. The van der Waals surface area contributed by atoms with E-state index < -0.39 is 5.92 Å². The van der Waals surface area contributed by atoms with Crippen molar-refractivity contribution in [1.82, 2.24) is 0 Å². The summed E-state index contributed by atoms with van der Waals surface area (Å²) in [5, 5.41) is 3.52. The molecule has 1 saturated heterocycles. The van der Waals surface area contributed by atoms with Crippen LogP contribution in [0.15, 0.2) is 66.7 Å². The minimum atomic E-state index is -0.426. The number of amides is 2. The summed E-state index contributed by atoms with van der Waals surface area (Å²) in [4.78, 5) is 26.9. The van der Waals surface area contributed by atoms with Crippen molar-refractivity contribution in [3.63, 3.8) is 0 Å². The fraction of sp³-hybridized carbons (Fsp3) is 0.286. The van der Waals surface area contributed by atoms with Crippen LogP contribution >= 0.6 is 11.6 Å². The fourth-order valence-corrected chi connectivity index (χ4v) is 4.07. The van der Waals surface area contributed by atoms with Crippen LogP contribution in [0.1, 0.15) is 38.3 Å². The van der Waals surface area contributed by atoms with E-state index in [4.69, 9.17) is 16.3 Å². The zero-order chi connectivity index (χ0) is 24.5. The maximum atomic E-state index is 12.8. The van der Waals surface area contributed by atoms with Gasteiger partial charge in [-0.3, -0.25) is 9.59 Å². The lowest BCUT2D eigenvalue weighted by Crippen LogP contribution is -2.28. The molecular formula is C28H29ClN2O3. The number of carbonyl (C=O) groups is 2. The summed E-state index contributed by atoms with van der Waals surface area (Å²) in [6.45, 7) is 8.76. The van der Waals surface area contributed by atoms with Crippen molar-refractivity contribution in [3.05, 3.63) is 82.9 Å². The number of benzene rings is 3. The molecule has 4 rings (SSSR count). The number of aryl methyl sites for hydroxylation is 1. The Morgan fingerprint density at radius 3 is 2.21 bits per heavy atom. The van der Waals surface area contributed by atoms with E-state index >= 15 is 0 Å². The molecule has 0 unspecified atom stereocenters. The molecule has 6 heteroatoms. The lowest BCUT2D eigenvalue weighted by Gasteiger charge is -2.19. The van der Waals surface area contributed by atoms with Gasteiger partial charge in [0, 0.05) is 29.4 Å². The summed E-state index contributed by atoms with van der Waals surface area (Å²) in [7, 11) is 0. The lowest BCUT2D eigenvalue weighted by molar-refractivity contribution is -0.122. The largest absolute Gasteiger partial charge is 0.457 e. The van der Waals surface area contributed by atoms with Crippen molar-refractivity contribution in [2.45, 2.75) is 39.5 Å². The van der Waals surface area contributed by atoms with Crippen LogP contribution in [0.4, 0.5) is 11.4 Å². The number of rotatable bonds is 5. The molecule has 176 valence electrons. The van der Waals surface area contributed by atoms with Gasteiger partial charge < -0.3 is 15.0 Å². The highest BCUT2D eigenvalue weighted by Crippen LogP contribution is 2.30. The molecule has 1 aliphatic heterocycles. The maximum Gasteiger partial charge on any atom is 0.229 e.